The quantitative estimate of drug-likeness (QED) is 0.804. The molecular formula is C16H20ClN3O2. The van der Waals surface area contributed by atoms with Crippen molar-refractivity contribution < 1.29 is 9.90 Å². The van der Waals surface area contributed by atoms with Crippen LogP contribution in [0.1, 0.15) is 32.4 Å². The second kappa shape index (κ2) is 6.94. The summed E-state index contributed by atoms with van der Waals surface area (Å²) in [7, 11) is 0. The Morgan fingerprint density at radius 3 is 3.00 bits per heavy atom. The zero-order chi connectivity index (χ0) is 16.2. The van der Waals surface area contributed by atoms with E-state index >= 15 is 0 Å². The molecule has 2 aromatic heterocycles. The summed E-state index contributed by atoms with van der Waals surface area (Å²) in [5.74, 6) is -0.222. The molecule has 2 aromatic rings. The molecule has 22 heavy (non-hydrogen) atoms. The lowest BCUT2D eigenvalue weighted by Gasteiger charge is -2.28. The molecule has 6 heteroatoms. The van der Waals surface area contributed by atoms with Crippen LogP contribution in [0.15, 0.2) is 30.5 Å². The van der Waals surface area contributed by atoms with Crippen LogP contribution in [0.25, 0.3) is 11.7 Å². The number of pyridine rings is 1. The molecule has 0 fully saturated rings. The first kappa shape index (κ1) is 16.5. The highest BCUT2D eigenvalue weighted by molar-refractivity contribution is 6.31. The maximum atomic E-state index is 12.1. The van der Waals surface area contributed by atoms with Gasteiger partial charge in [-0.15, -0.1) is 0 Å². The predicted molar refractivity (Wildman–Crippen MR) is 87.8 cm³/mol. The molecule has 1 unspecified atom stereocenters. The molecule has 1 amide bonds. The number of nitrogens with one attached hydrogen (secondary N) is 1. The van der Waals surface area contributed by atoms with E-state index in [1.54, 1.807) is 6.08 Å². The van der Waals surface area contributed by atoms with Gasteiger partial charge in [-0.05, 0) is 38.0 Å². The average Bonchev–Trinajstić information content (AvgIpc) is 2.80. The summed E-state index contributed by atoms with van der Waals surface area (Å²) in [4.78, 5) is 16.3. The number of fused-ring (bicyclic) bond motifs is 1. The number of aromatic nitrogens is 2. The Labute approximate surface area is 134 Å². The Bertz CT molecular complexity index is 696. The van der Waals surface area contributed by atoms with Crippen LogP contribution >= 0.6 is 11.6 Å². The summed E-state index contributed by atoms with van der Waals surface area (Å²) >= 11 is 6.11. The van der Waals surface area contributed by atoms with Crippen molar-refractivity contribution in [3.8, 4) is 0 Å². The highest BCUT2D eigenvalue weighted by Gasteiger charge is 2.22. The molecule has 0 bridgehead atoms. The summed E-state index contributed by atoms with van der Waals surface area (Å²) in [6.45, 7) is 3.92. The summed E-state index contributed by atoms with van der Waals surface area (Å²) in [5.41, 5.74) is 0.971. The Morgan fingerprint density at radius 2 is 2.32 bits per heavy atom. The van der Waals surface area contributed by atoms with Gasteiger partial charge in [0, 0.05) is 24.4 Å². The number of aliphatic hydroxyl groups is 1. The fourth-order valence-corrected chi connectivity index (χ4v) is 2.44. The maximum absolute atomic E-state index is 12.1. The Balaban J connectivity index is 2.16. The molecule has 5 nitrogen and oxygen atoms in total. The van der Waals surface area contributed by atoms with Crippen LogP contribution in [0.3, 0.4) is 0 Å². The molecule has 1 atom stereocenters. The van der Waals surface area contributed by atoms with Crippen molar-refractivity contribution in [1.29, 1.82) is 0 Å². The highest BCUT2D eigenvalue weighted by Crippen LogP contribution is 2.19. The minimum absolute atomic E-state index is 0.0351. The molecule has 0 radical (unpaired) electrons. The van der Waals surface area contributed by atoms with Gasteiger partial charge in [-0.25, -0.2) is 4.98 Å². The largest absolute Gasteiger partial charge is 0.396 e. The van der Waals surface area contributed by atoms with Gasteiger partial charge in [0.05, 0.1) is 5.69 Å². The lowest BCUT2D eigenvalue weighted by atomic mass is 9.95. The third-order valence-electron chi connectivity index (χ3n) is 3.78. The van der Waals surface area contributed by atoms with Crippen LogP contribution in [0.5, 0.6) is 0 Å². The molecule has 2 rings (SSSR count). The number of halogens is 1. The van der Waals surface area contributed by atoms with E-state index in [1.807, 2.05) is 42.6 Å². The number of imidazole rings is 1. The molecule has 0 saturated carbocycles. The standard InChI is InChI=1S/C16H20ClN3O2/c1-3-16(2,9-11-21)19-14(22)8-7-12-15(17)18-13-6-4-5-10-20(12)13/h4-8,10,21H,3,9,11H2,1-2H3,(H,19,22)/b8-7+. The van der Waals surface area contributed by atoms with Crippen LogP contribution < -0.4 is 5.32 Å². The lowest BCUT2D eigenvalue weighted by molar-refractivity contribution is -0.118. The molecule has 0 saturated heterocycles. The van der Waals surface area contributed by atoms with E-state index < -0.39 is 5.54 Å². The van der Waals surface area contributed by atoms with Crippen LogP contribution in [0, 0.1) is 0 Å². The summed E-state index contributed by atoms with van der Waals surface area (Å²) in [6, 6.07) is 5.59. The SMILES string of the molecule is CCC(C)(CCO)NC(=O)/C=C/c1c(Cl)nc2ccccn12. The van der Waals surface area contributed by atoms with Gasteiger partial charge >= 0.3 is 0 Å². The molecular weight excluding hydrogens is 302 g/mol. The van der Waals surface area contributed by atoms with E-state index in [0.29, 0.717) is 17.3 Å². The number of hydrogen-bond acceptors (Lipinski definition) is 3. The van der Waals surface area contributed by atoms with Crippen molar-refractivity contribution in [1.82, 2.24) is 14.7 Å². The number of aliphatic hydroxyl groups excluding tert-OH is 1. The lowest BCUT2D eigenvalue weighted by Crippen LogP contribution is -2.45. The number of nitrogens with zero attached hydrogens (tertiary/aromatic N) is 2. The second-order valence-corrected chi connectivity index (χ2v) is 5.79. The van der Waals surface area contributed by atoms with Crippen LogP contribution in [0.2, 0.25) is 5.15 Å². The van der Waals surface area contributed by atoms with Crippen LogP contribution in [-0.2, 0) is 4.79 Å². The molecule has 118 valence electrons. The predicted octanol–water partition coefficient (Wildman–Crippen LogP) is 2.67. The van der Waals surface area contributed by atoms with Gasteiger partial charge in [0.1, 0.15) is 5.65 Å². The van der Waals surface area contributed by atoms with Crippen LogP contribution in [-0.4, -0.2) is 32.5 Å². The molecule has 0 aliphatic rings. The van der Waals surface area contributed by atoms with Gasteiger partial charge in [-0.1, -0.05) is 24.6 Å². The van der Waals surface area contributed by atoms with E-state index in [4.69, 9.17) is 16.7 Å². The van der Waals surface area contributed by atoms with Crippen LogP contribution in [0.4, 0.5) is 0 Å². The third kappa shape index (κ3) is 3.67. The molecule has 2 heterocycles. The highest BCUT2D eigenvalue weighted by atomic mass is 35.5. The Hall–Kier alpha value is -1.85. The first-order valence-electron chi connectivity index (χ1n) is 7.23. The van der Waals surface area contributed by atoms with Gasteiger partial charge in [-0.2, -0.15) is 0 Å². The summed E-state index contributed by atoms with van der Waals surface area (Å²) in [6.07, 6.45) is 6.18. The van der Waals surface area contributed by atoms with E-state index in [0.717, 1.165) is 12.1 Å². The van der Waals surface area contributed by atoms with Crippen molar-refractivity contribution in [2.24, 2.45) is 0 Å². The fourth-order valence-electron chi connectivity index (χ4n) is 2.20. The topological polar surface area (TPSA) is 66.6 Å². The smallest absolute Gasteiger partial charge is 0.244 e. The molecule has 0 spiro atoms. The number of rotatable bonds is 6. The average molecular weight is 322 g/mol. The Kier molecular flexibility index (Phi) is 5.21. The first-order chi connectivity index (χ1) is 10.5. The second-order valence-electron chi connectivity index (χ2n) is 5.43. The minimum atomic E-state index is -0.417. The molecule has 0 aromatic carbocycles. The van der Waals surface area contributed by atoms with Gasteiger partial charge in [0.15, 0.2) is 5.15 Å². The molecule has 0 aliphatic heterocycles. The monoisotopic (exact) mass is 321 g/mol. The summed E-state index contributed by atoms with van der Waals surface area (Å²) < 4.78 is 1.82. The Morgan fingerprint density at radius 1 is 1.55 bits per heavy atom. The van der Waals surface area contributed by atoms with Gasteiger partial charge in [0.2, 0.25) is 5.91 Å². The number of amides is 1. The zero-order valence-electron chi connectivity index (χ0n) is 12.7. The number of hydrogen-bond donors (Lipinski definition) is 2. The van der Waals surface area contributed by atoms with E-state index in [1.165, 1.54) is 6.08 Å². The van der Waals surface area contributed by atoms with Gasteiger partial charge < -0.3 is 10.4 Å². The van der Waals surface area contributed by atoms with E-state index in [-0.39, 0.29) is 12.5 Å². The number of carbonyl (C=O) groups excluding carboxylic acids is 1. The van der Waals surface area contributed by atoms with E-state index in [2.05, 4.69) is 10.3 Å². The number of carbonyl (C=O) groups is 1. The van der Waals surface area contributed by atoms with E-state index in [9.17, 15) is 4.79 Å². The van der Waals surface area contributed by atoms with Crippen molar-refractivity contribution in [3.05, 3.63) is 41.3 Å². The van der Waals surface area contributed by atoms with Gasteiger partial charge in [-0.3, -0.25) is 9.20 Å². The van der Waals surface area contributed by atoms with Crippen molar-refractivity contribution in [2.45, 2.75) is 32.2 Å². The minimum Gasteiger partial charge on any atom is -0.396 e. The normalized spacial score (nSPS) is 14.4. The van der Waals surface area contributed by atoms with Crippen molar-refractivity contribution in [3.63, 3.8) is 0 Å². The fraction of sp³-hybridized carbons (Fsp3) is 0.375. The summed E-state index contributed by atoms with van der Waals surface area (Å²) in [5, 5.41) is 12.3. The van der Waals surface area contributed by atoms with Crippen molar-refractivity contribution >= 4 is 29.2 Å². The molecule has 2 N–H and O–H groups in total. The zero-order valence-corrected chi connectivity index (χ0v) is 13.5. The third-order valence-corrected chi connectivity index (χ3v) is 4.06. The van der Waals surface area contributed by atoms with Crippen molar-refractivity contribution in [2.75, 3.05) is 6.61 Å². The maximum Gasteiger partial charge on any atom is 0.244 e. The first-order valence-corrected chi connectivity index (χ1v) is 7.60. The molecule has 0 aliphatic carbocycles. The van der Waals surface area contributed by atoms with Gasteiger partial charge in [0.25, 0.3) is 0 Å².